The van der Waals surface area contributed by atoms with Crippen LogP contribution in [-0.4, -0.2) is 17.9 Å². The summed E-state index contributed by atoms with van der Waals surface area (Å²) >= 11 is 0. The van der Waals surface area contributed by atoms with Crippen molar-refractivity contribution in [2.75, 3.05) is 6.79 Å². The number of hydrogen-bond donors (Lipinski definition) is 2. The standard InChI is InChI=1S/C15H21NO3/c1-9-3-4-12(10(9)2)16-7-11-5-14-15(6-13(11)17)19-8-18-14/h5-6,9-10,12,16-17H,3-4,7-8H2,1-2H3. The maximum Gasteiger partial charge on any atom is 0.231 e. The van der Waals surface area contributed by atoms with Gasteiger partial charge in [0, 0.05) is 24.2 Å². The highest BCUT2D eigenvalue weighted by Gasteiger charge is 2.29. The fourth-order valence-electron chi connectivity index (χ4n) is 3.01. The molecule has 2 aliphatic rings. The minimum absolute atomic E-state index is 0.239. The molecule has 1 aliphatic heterocycles. The van der Waals surface area contributed by atoms with Crippen molar-refractivity contribution in [1.29, 1.82) is 0 Å². The molecule has 1 fully saturated rings. The molecule has 1 saturated carbocycles. The van der Waals surface area contributed by atoms with Crippen molar-refractivity contribution in [2.45, 2.75) is 39.3 Å². The van der Waals surface area contributed by atoms with E-state index in [0.717, 1.165) is 17.2 Å². The van der Waals surface area contributed by atoms with E-state index in [0.29, 0.717) is 24.3 Å². The van der Waals surface area contributed by atoms with Gasteiger partial charge in [-0.3, -0.25) is 0 Å². The van der Waals surface area contributed by atoms with Crippen molar-refractivity contribution >= 4 is 0 Å². The van der Waals surface area contributed by atoms with E-state index < -0.39 is 0 Å². The van der Waals surface area contributed by atoms with Crippen molar-refractivity contribution in [2.24, 2.45) is 11.8 Å². The minimum Gasteiger partial charge on any atom is -0.507 e. The number of rotatable bonds is 3. The smallest absolute Gasteiger partial charge is 0.231 e. The lowest BCUT2D eigenvalue weighted by Gasteiger charge is -2.20. The van der Waals surface area contributed by atoms with Gasteiger partial charge >= 0.3 is 0 Å². The summed E-state index contributed by atoms with van der Waals surface area (Å²) in [6.07, 6.45) is 2.50. The summed E-state index contributed by atoms with van der Waals surface area (Å²) < 4.78 is 10.6. The monoisotopic (exact) mass is 263 g/mol. The molecule has 0 amide bonds. The number of phenols is 1. The zero-order valence-electron chi connectivity index (χ0n) is 11.5. The van der Waals surface area contributed by atoms with Gasteiger partial charge in [-0.25, -0.2) is 0 Å². The zero-order chi connectivity index (χ0) is 13.4. The summed E-state index contributed by atoms with van der Waals surface area (Å²) in [5.41, 5.74) is 0.871. The molecule has 4 heteroatoms. The van der Waals surface area contributed by atoms with Gasteiger partial charge in [-0.1, -0.05) is 13.8 Å². The van der Waals surface area contributed by atoms with Gasteiger partial charge in [-0.2, -0.15) is 0 Å². The maximum absolute atomic E-state index is 9.99. The first-order chi connectivity index (χ1) is 9.15. The molecule has 1 aromatic rings. The number of benzene rings is 1. The molecule has 3 unspecified atom stereocenters. The van der Waals surface area contributed by atoms with Gasteiger partial charge in [0.2, 0.25) is 6.79 Å². The van der Waals surface area contributed by atoms with E-state index >= 15 is 0 Å². The van der Waals surface area contributed by atoms with E-state index in [-0.39, 0.29) is 12.5 Å². The van der Waals surface area contributed by atoms with Crippen LogP contribution < -0.4 is 14.8 Å². The van der Waals surface area contributed by atoms with Gasteiger partial charge in [0.05, 0.1) is 0 Å². The maximum atomic E-state index is 9.99. The lowest BCUT2D eigenvalue weighted by Crippen LogP contribution is -2.31. The summed E-state index contributed by atoms with van der Waals surface area (Å²) in [4.78, 5) is 0. The third-order valence-electron chi connectivity index (χ3n) is 4.59. The molecule has 19 heavy (non-hydrogen) atoms. The zero-order valence-corrected chi connectivity index (χ0v) is 11.5. The molecule has 0 radical (unpaired) electrons. The van der Waals surface area contributed by atoms with Gasteiger partial charge in [-0.15, -0.1) is 0 Å². The Bertz CT molecular complexity index is 475. The SMILES string of the molecule is CC1CCC(NCc2cc3c(cc2O)OCO3)C1C. The van der Waals surface area contributed by atoms with E-state index in [2.05, 4.69) is 19.2 Å². The molecule has 104 valence electrons. The predicted molar refractivity (Wildman–Crippen MR) is 72.4 cm³/mol. The lowest BCUT2D eigenvalue weighted by molar-refractivity contribution is 0.174. The number of ether oxygens (including phenoxy) is 2. The van der Waals surface area contributed by atoms with Gasteiger partial charge in [0.1, 0.15) is 5.75 Å². The Balaban J connectivity index is 1.67. The molecule has 3 rings (SSSR count). The Morgan fingerprint density at radius 3 is 2.63 bits per heavy atom. The Labute approximate surface area is 113 Å². The third-order valence-corrected chi connectivity index (χ3v) is 4.59. The molecule has 1 aromatic carbocycles. The second-order valence-electron chi connectivity index (χ2n) is 5.74. The molecule has 0 spiro atoms. The van der Waals surface area contributed by atoms with E-state index in [1.165, 1.54) is 12.8 Å². The van der Waals surface area contributed by atoms with Crippen LogP contribution in [0.1, 0.15) is 32.3 Å². The van der Waals surface area contributed by atoms with Crippen LogP contribution in [0.15, 0.2) is 12.1 Å². The molecule has 4 nitrogen and oxygen atoms in total. The molecular weight excluding hydrogens is 242 g/mol. The molecule has 0 aromatic heterocycles. The molecular formula is C15H21NO3. The van der Waals surface area contributed by atoms with Gasteiger partial charge in [0.25, 0.3) is 0 Å². The summed E-state index contributed by atoms with van der Waals surface area (Å²) in [5.74, 6) is 3.10. The van der Waals surface area contributed by atoms with E-state index in [4.69, 9.17) is 9.47 Å². The van der Waals surface area contributed by atoms with Crippen LogP contribution in [0.2, 0.25) is 0 Å². The normalized spacial score (nSPS) is 28.8. The topological polar surface area (TPSA) is 50.7 Å². The predicted octanol–water partition coefficient (Wildman–Crippen LogP) is 2.65. The fraction of sp³-hybridized carbons (Fsp3) is 0.600. The molecule has 1 heterocycles. The van der Waals surface area contributed by atoms with Crippen LogP contribution in [0, 0.1) is 11.8 Å². The quantitative estimate of drug-likeness (QED) is 0.880. The summed E-state index contributed by atoms with van der Waals surface area (Å²) in [6.45, 7) is 5.52. The molecule has 2 N–H and O–H groups in total. The van der Waals surface area contributed by atoms with E-state index in [1.54, 1.807) is 6.07 Å². The average molecular weight is 263 g/mol. The van der Waals surface area contributed by atoms with Crippen LogP contribution >= 0.6 is 0 Å². The second kappa shape index (κ2) is 4.93. The summed E-state index contributed by atoms with van der Waals surface area (Å²) in [7, 11) is 0. The molecule has 0 saturated heterocycles. The second-order valence-corrected chi connectivity index (χ2v) is 5.74. The highest BCUT2D eigenvalue weighted by Crippen LogP contribution is 2.38. The van der Waals surface area contributed by atoms with Crippen molar-refractivity contribution in [3.63, 3.8) is 0 Å². The van der Waals surface area contributed by atoms with Crippen LogP contribution in [-0.2, 0) is 6.54 Å². The van der Waals surface area contributed by atoms with Gasteiger partial charge in [0.15, 0.2) is 11.5 Å². The van der Waals surface area contributed by atoms with Gasteiger partial charge in [-0.05, 0) is 30.7 Å². The van der Waals surface area contributed by atoms with E-state index in [1.807, 2.05) is 6.07 Å². The number of phenolic OH excluding ortho intramolecular Hbond substituents is 1. The molecule has 3 atom stereocenters. The minimum atomic E-state index is 0.239. The van der Waals surface area contributed by atoms with Crippen molar-refractivity contribution < 1.29 is 14.6 Å². The van der Waals surface area contributed by atoms with E-state index in [9.17, 15) is 5.11 Å². The third kappa shape index (κ3) is 2.37. The number of hydrogen-bond acceptors (Lipinski definition) is 4. The Morgan fingerprint density at radius 1 is 1.21 bits per heavy atom. The van der Waals surface area contributed by atoms with Crippen LogP contribution in [0.4, 0.5) is 0 Å². The highest BCUT2D eigenvalue weighted by atomic mass is 16.7. The van der Waals surface area contributed by atoms with Crippen molar-refractivity contribution in [3.8, 4) is 17.2 Å². The van der Waals surface area contributed by atoms with Crippen molar-refractivity contribution in [3.05, 3.63) is 17.7 Å². The van der Waals surface area contributed by atoms with Crippen LogP contribution in [0.25, 0.3) is 0 Å². The van der Waals surface area contributed by atoms with Crippen LogP contribution in [0.5, 0.6) is 17.2 Å². The van der Waals surface area contributed by atoms with Crippen LogP contribution in [0.3, 0.4) is 0 Å². The molecule has 1 aliphatic carbocycles. The average Bonchev–Trinajstić information content (AvgIpc) is 2.96. The Kier molecular flexibility index (Phi) is 3.27. The number of fused-ring (bicyclic) bond motifs is 1. The first-order valence-electron chi connectivity index (χ1n) is 7.00. The fourth-order valence-corrected chi connectivity index (χ4v) is 3.01. The first kappa shape index (κ1) is 12.6. The Morgan fingerprint density at radius 2 is 1.95 bits per heavy atom. The first-order valence-corrected chi connectivity index (χ1v) is 7.00. The summed E-state index contributed by atoms with van der Waals surface area (Å²) in [5, 5.41) is 13.5. The largest absolute Gasteiger partial charge is 0.507 e. The Hall–Kier alpha value is -1.42. The van der Waals surface area contributed by atoms with Gasteiger partial charge < -0.3 is 19.9 Å². The summed E-state index contributed by atoms with van der Waals surface area (Å²) in [6, 6.07) is 4.05. The molecule has 0 bridgehead atoms. The number of nitrogens with one attached hydrogen (secondary N) is 1. The lowest BCUT2D eigenvalue weighted by atomic mass is 9.97. The highest BCUT2D eigenvalue weighted by molar-refractivity contribution is 5.51. The van der Waals surface area contributed by atoms with Crippen molar-refractivity contribution in [1.82, 2.24) is 5.32 Å². The number of aromatic hydroxyl groups is 1.